The molecule has 0 aliphatic heterocycles. The Balaban J connectivity index is 1.99. The van der Waals surface area contributed by atoms with Crippen LogP contribution >= 0.6 is 0 Å². The Morgan fingerprint density at radius 2 is 1.70 bits per heavy atom. The number of hydrogen-bond donors (Lipinski definition) is 0. The van der Waals surface area contributed by atoms with E-state index in [0.717, 1.165) is 17.7 Å². The van der Waals surface area contributed by atoms with Crippen molar-refractivity contribution in [2.75, 3.05) is 0 Å². The van der Waals surface area contributed by atoms with E-state index in [4.69, 9.17) is 0 Å². The van der Waals surface area contributed by atoms with Gasteiger partial charge in [-0.3, -0.25) is 4.79 Å². The highest BCUT2D eigenvalue weighted by Gasteiger charge is 2.36. The zero-order valence-electron chi connectivity index (χ0n) is 10.4. The van der Waals surface area contributed by atoms with Gasteiger partial charge in [-0.25, -0.2) is 0 Å². The summed E-state index contributed by atoms with van der Waals surface area (Å²) in [5.74, 6) is -0.463. The van der Waals surface area contributed by atoms with E-state index in [1.54, 1.807) is 0 Å². The fourth-order valence-electron chi connectivity index (χ4n) is 2.63. The Morgan fingerprint density at radius 3 is 2.35 bits per heavy atom. The van der Waals surface area contributed by atoms with Crippen molar-refractivity contribution in [3.8, 4) is 0 Å². The van der Waals surface area contributed by atoms with Crippen LogP contribution in [0.1, 0.15) is 33.0 Å². The van der Waals surface area contributed by atoms with Gasteiger partial charge in [0.2, 0.25) is 0 Å². The zero-order chi connectivity index (χ0) is 14.3. The van der Waals surface area contributed by atoms with Gasteiger partial charge < -0.3 is 0 Å². The van der Waals surface area contributed by atoms with Crippen LogP contribution in [0.4, 0.5) is 13.2 Å². The molecule has 1 aliphatic carbocycles. The lowest BCUT2D eigenvalue weighted by Crippen LogP contribution is -2.07. The Labute approximate surface area is 114 Å². The largest absolute Gasteiger partial charge is 0.416 e. The molecule has 1 nitrogen and oxygen atoms in total. The van der Waals surface area contributed by atoms with Crippen molar-refractivity contribution in [2.24, 2.45) is 0 Å². The number of Topliss-reactive ketones (excluding diaryl/α,β-unsaturated/α-hetero) is 1. The molecule has 3 rings (SSSR count). The summed E-state index contributed by atoms with van der Waals surface area (Å²) in [5.41, 5.74) is 1.05. The van der Waals surface area contributed by atoms with Crippen LogP contribution in [0.5, 0.6) is 0 Å². The van der Waals surface area contributed by atoms with Gasteiger partial charge >= 0.3 is 6.18 Å². The lowest BCUT2D eigenvalue weighted by molar-refractivity contribution is -0.137. The number of halogens is 3. The van der Waals surface area contributed by atoms with Gasteiger partial charge in [0.15, 0.2) is 5.78 Å². The molecule has 20 heavy (non-hydrogen) atoms. The van der Waals surface area contributed by atoms with E-state index in [1.807, 2.05) is 30.3 Å². The predicted octanol–water partition coefficient (Wildman–Crippen LogP) is 4.23. The summed E-state index contributed by atoms with van der Waals surface area (Å²) in [6.07, 6.45) is -4.04. The Bertz CT molecular complexity index is 659. The van der Waals surface area contributed by atoms with E-state index in [9.17, 15) is 18.0 Å². The van der Waals surface area contributed by atoms with Crippen LogP contribution in [0.3, 0.4) is 0 Å². The second-order valence-corrected chi connectivity index (χ2v) is 4.90. The Kier molecular flexibility index (Phi) is 2.89. The molecule has 4 heteroatoms. The molecule has 0 bridgehead atoms. The molecule has 1 unspecified atom stereocenters. The van der Waals surface area contributed by atoms with E-state index < -0.39 is 11.7 Å². The lowest BCUT2D eigenvalue weighted by Gasteiger charge is -2.07. The number of carbonyl (C=O) groups is 1. The fourth-order valence-corrected chi connectivity index (χ4v) is 2.63. The summed E-state index contributed by atoms with van der Waals surface area (Å²) < 4.78 is 38.1. The van der Waals surface area contributed by atoms with Crippen molar-refractivity contribution in [3.05, 3.63) is 70.8 Å². The molecular formula is C16H11F3O. The topological polar surface area (TPSA) is 17.1 Å². The molecular weight excluding hydrogens is 265 g/mol. The minimum Gasteiger partial charge on any atom is -0.293 e. The summed E-state index contributed by atoms with van der Waals surface area (Å²) in [7, 11) is 0. The maximum absolute atomic E-state index is 12.7. The van der Waals surface area contributed by atoms with Crippen LogP contribution < -0.4 is 0 Å². The molecule has 1 atom stereocenters. The van der Waals surface area contributed by atoms with Crippen LogP contribution in [0.15, 0.2) is 48.5 Å². The summed E-state index contributed by atoms with van der Waals surface area (Å²) >= 11 is 0. The number of rotatable bonds is 1. The average Bonchev–Trinajstić information content (AvgIpc) is 2.76. The van der Waals surface area contributed by atoms with Gasteiger partial charge in [0.1, 0.15) is 0 Å². The van der Waals surface area contributed by atoms with Gasteiger partial charge in [0.25, 0.3) is 0 Å². The minimum atomic E-state index is -4.37. The molecule has 102 valence electrons. The van der Waals surface area contributed by atoms with Crippen LogP contribution in [0.25, 0.3) is 0 Å². The first-order valence-electron chi connectivity index (χ1n) is 6.26. The standard InChI is InChI=1S/C16H11F3O/c17-16(18,19)12-6-7-13-11(8-12)9-14(15(13)20)10-4-2-1-3-5-10/h1-8,14H,9H2. The number of benzene rings is 2. The second-order valence-electron chi connectivity index (χ2n) is 4.90. The zero-order valence-corrected chi connectivity index (χ0v) is 10.4. The lowest BCUT2D eigenvalue weighted by atomic mass is 9.95. The van der Waals surface area contributed by atoms with E-state index in [2.05, 4.69) is 0 Å². The quantitative estimate of drug-likeness (QED) is 0.761. The third kappa shape index (κ3) is 2.11. The molecule has 2 aromatic carbocycles. The van der Waals surface area contributed by atoms with Gasteiger partial charge in [-0.1, -0.05) is 36.4 Å². The van der Waals surface area contributed by atoms with Gasteiger partial charge in [-0.15, -0.1) is 0 Å². The first-order chi connectivity index (χ1) is 9.47. The molecule has 1 aliphatic rings. The smallest absolute Gasteiger partial charge is 0.293 e. The summed E-state index contributed by atoms with van der Waals surface area (Å²) in [4.78, 5) is 12.3. The first kappa shape index (κ1) is 12.9. The number of carbonyl (C=O) groups excluding carboxylic acids is 1. The van der Waals surface area contributed by atoms with E-state index in [-0.39, 0.29) is 11.7 Å². The maximum Gasteiger partial charge on any atom is 0.416 e. The summed E-state index contributed by atoms with van der Waals surface area (Å²) in [6, 6.07) is 12.5. The third-order valence-electron chi connectivity index (χ3n) is 3.64. The highest BCUT2D eigenvalue weighted by atomic mass is 19.4. The molecule has 0 N–H and O–H groups in total. The van der Waals surface area contributed by atoms with E-state index in [1.165, 1.54) is 6.07 Å². The highest BCUT2D eigenvalue weighted by molar-refractivity contribution is 6.05. The van der Waals surface area contributed by atoms with E-state index >= 15 is 0 Å². The van der Waals surface area contributed by atoms with Gasteiger partial charge in [0, 0.05) is 5.56 Å². The van der Waals surface area contributed by atoms with Crippen molar-refractivity contribution in [1.82, 2.24) is 0 Å². The Morgan fingerprint density at radius 1 is 1.00 bits per heavy atom. The number of fused-ring (bicyclic) bond motifs is 1. The minimum absolute atomic E-state index is 0.0973. The first-order valence-corrected chi connectivity index (χ1v) is 6.26. The highest BCUT2D eigenvalue weighted by Crippen LogP contribution is 2.37. The van der Waals surface area contributed by atoms with E-state index in [0.29, 0.717) is 17.5 Å². The third-order valence-corrected chi connectivity index (χ3v) is 3.64. The van der Waals surface area contributed by atoms with Crippen molar-refractivity contribution < 1.29 is 18.0 Å². The molecule has 0 saturated heterocycles. The number of ketones is 1. The fraction of sp³-hybridized carbons (Fsp3) is 0.188. The van der Waals surface area contributed by atoms with Gasteiger partial charge in [-0.2, -0.15) is 13.2 Å². The van der Waals surface area contributed by atoms with Crippen molar-refractivity contribution >= 4 is 5.78 Å². The molecule has 0 saturated carbocycles. The van der Waals surface area contributed by atoms with Crippen molar-refractivity contribution in [2.45, 2.75) is 18.5 Å². The number of hydrogen-bond acceptors (Lipinski definition) is 1. The van der Waals surface area contributed by atoms with Crippen LogP contribution in [-0.4, -0.2) is 5.78 Å². The molecule has 0 heterocycles. The monoisotopic (exact) mass is 276 g/mol. The van der Waals surface area contributed by atoms with Crippen LogP contribution in [0.2, 0.25) is 0 Å². The molecule has 0 spiro atoms. The molecule has 2 aromatic rings. The number of alkyl halides is 3. The van der Waals surface area contributed by atoms with Crippen LogP contribution in [0, 0.1) is 0 Å². The SMILES string of the molecule is O=C1c2ccc(C(F)(F)F)cc2CC1c1ccccc1. The predicted molar refractivity (Wildman–Crippen MR) is 68.7 cm³/mol. The van der Waals surface area contributed by atoms with Gasteiger partial charge in [-0.05, 0) is 29.7 Å². The van der Waals surface area contributed by atoms with Crippen LogP contribution in [-0.2, 0) is 12.6 Å². The molecule has 0 fully saturated rings. The second kappa shape index (κ2) is 4.47. The maximum atomic E-state index is 12.7. The Hall–Kier alpha value is -2.10. The molecule has 0 amide bonds. The van der Waals surface area contributed by atoms with Crippen molar-refractivity contribution in [1.29, 1.82) is 0 Å². The average molecular weight is 276 g/mol. The van der Waals surface area contributed by atoms with Crippen molar-refractivity contribution in [3.63, 3.8) is 0 Å². The summed E-state index contributed by atoms with van der Waals surface area (Å²) in [5, 5.41) is 0. The summed E-state index contributed by atoms with van der Waals surface area (Å²) in [6.45, 7) is 0. The normalized spacial score (nSPS) is 18.1. The molecule has 0 aromatic heterocycles. The molecule has 0 radical (unpaired) electrons. The van der Waals surface area contributed by atoms with Gasteiger partial charge in [0.05, 0.1) is 11.5 Å².